The van der Waals surface area contributed by atoms with E-state index in [0.29, 0.717) is 18.7 Å². The van der Waals surface area contributed by atoms with Crippen LogP contribution in [0.1, 0.15) is 35.6 Å². The summed E-state index contributed by atoms with van der Waals surface area (Å²) in [6.07, 6.45) is 0.529. The van der Waals surface area contributed by atoms with Gasteiger partial charge in [0.25, 0.3) is 5.91 Å². The molecule has 0 aliphatic rings. The standard InChI is InChI=1S/C23H30N2O3/c1-6-21(23(27)24-5)25(14-19-10-7-16(2)8-11-19)22(26)15-28-20-12-9-17(3)18(4)13-20/h7-13,21H,6,14-15H2,1-5H3,(H,24,27)/t21-/m0/s1. The van der Waals surface area contributed by atoms with Crippen molar-refractivity contribution in [2.75, 3.05) is 13.7 Å². The summed E-state index contributed by atoms with van der Waals surface area (Å²) < 4.78 is 5.73. The number of nitrogens with one attached hydrogen (secondary N) is 1. The number of likely N-dealkylation sites (N-methyl/N-ethyl adjacent to an activating group) is 1. The Morgan fingerprint density at radius 3 is 2.29 bits per heavy atom. The first-order valence-electron chi connectivity index (χ1n) is 9.62. The van der Waals surface area contributed by atoms with Crippen LogP contribution in [0.25, 0.3) is 0 Å². The third-order valence-corrected chi connectivity index (χ3v) is 4.95. The molecule has 1 N–H and O–H groups in total. The lowest BCUT2D eigenvalue weighted by Crippen LogP contribution is -2.49. The molecular weight excluding hydrogens is 352 g/mol. The van der Waals surface area contributed by atoms with E-state index >= 15 is 0 Å². The Labute approximate surface area is 167 Å². The average molecular weight is 383 g/mol. The second kappa shape index (κ2) is 9.93. The van der Waals surface area contributed by atoms with Crippen molar-refractivity contribution in [2.45, 2.75) is 46.7 Å². The van der Waals surface area contributed by atoms with Gasteiger partial charge in [0.1, 0.15) is 11.8 Å². The van der Waals surface area contributed by atoms with E-state index in [1.54, 1.807) is 11.9 Å². The largest absolute Gasteiger partial charge is 0.484 e. The second-order valence-corrected chi connectivity index (χ2v) is 7.08. The van der Waals surface area contributed by atoms with Gasteiger partial charge in [-0.15, -0.1) is 0 Å². The van der Waals surface area contributed by atoms with Crippen molar-refractivity contribution in [1.29, 1.82) is 0 Å². The number of ether oxygens (including phenoxy) is 1. The van der Waals surface area contributed by atoms with Gasteiger partial charge in [0, 0.05) is 13.6 Å². The highest BCUT2D eigenvalue weighted by atomic mass is 16.5. The van der Waals surface area contributed by atoms with Crippen molar-refractivity contribution < 1.29 is 14.3 Å². The fraction of sp³-hybridized carbons (Fsp3) is 0.391. The molecule has 0 radical (unpaired) electrons. The molecule has 28 heavy (non-hydrogen) atoms. The third kappa shape index (κ3) is 5.59. The van der Waals surface area contributed by atoms with Gasteiger partial charge in [-0.1, -0.05) is 42.8 Å². The van der Waals surface area contributed by atoms with E-state index in [1.807, 2.05) is 70.2 Å². The lowest BCUT2D eigenvalue weighted by molar-refractivity contribution is -0.142. The van der Waals surface area contributed by atoms with Crippen LogP contribution < -0.4 is 10.1 Å². The highest BCUT2D eigenvalue weighted by Gasteiger charge is 2.28. The maximum Gasteiger partial charge on any atom is 0.261 e. The van der Waals surface area contributed by atoms with Gasteiger partial charge in [-0.3, -0.25) is 9.59 Å². The van der Waals surface area contributed by atoms with Crippen LogP contribution in [-0.4, -0.2) is 36.4 Å². The van der Waals surface area contributed by atoms with Crippen LogP contribution >= 0.6 is 0 Å². The summed E-state index contributed by atoms with van der Waals surface area (Å²) in [5.74, 6) is 0.267. The van der Waals surface area contributed by atoms with Gasteiger partial charge < -0.3 is 15.0 Å². The van der Waals surface area contributed by atoms with Gasteiger partial charge in [0.2, 0.25) is 5.91 Å². The van der Waals surface area contributed by atoms with Crippen LogP contribution in [0.2, 0.25) is 0 Å². The number of carbonyl (C=O) groups excluding carboxylic acids is 2. The topological polar surface area (TPSA) is 58.6 Å². The number of hydrogen-bond acceptors (Lipinski definition) is 3. The minimum atomic E-state index is -0.540. The number of hydrogen-bond donors (Lipinski definition) is 1. The zero-order valence-corrected chi connectivity index (χ0v) is 17.4. The molecule has 0 heterocycles. The Balaban J connectivity index is 2.18. The van der Waals surface area contributed by atoms with Crippen LogP contribution in [0.4, 0.5) is 0 Å². The van der Waals surface area contributed by atoms with E-state index in [9.17, 15) is 9.59 Å². The highest BCUT2D eigenvalue weighted by Crippen LogP contribution is 2.18. The van der Waals surface area contributed by atoms with Gasteiger partial charge in [0.05, 0.1) is 0 Å². The van der Waals surface area contributed by atoms with Crippen molar-refractivity contribution in [1.82, 2.24) is 10.2 Å². The average Bonchev–Trinajstić information content (AvgIpc) is 2.69. The van der Waals surface area contributed by atoms with Gasteiger partial charge >= 0.3 is 0 Å². The number of carbonyl (C=O) groups is 2. The minimum absolute atomic E-state index is 0.109. The molecule has 0 saturated heterocycles. The normalized spacial score (nSPS) is 11.6. The maximum atomic E-state index is 13.0. The summed E-state index contributed by atoms with van der Waals surface area (Å²) in [6, 6.07) is 13.2. The van der Waals surface area contributed by atoms with Gasteiger partial charge in [0.15, 0.2) is 6.61 Å². The maximum absolute atomic E-state index is 13.0. The summed E-state index contributed by atoms with van der Waals surface area (Å²) >= 11 is 0. The molecule has 2 aromatic carbocycles. The van der Waals surface area contributed by atoms with Gasteiger partial charge in [-0.05, 0) is 56.0 Å². The van der Waals surface area contributed by atoms with Crippen molar-refractivity contribution >= 4 is 11.8 Å². The van der Waals surface area contributed by atoms with Crippen LogP contribution in [-0.2, 0) is 16.1 Å². The monoisotopic (exact) mass is 382 g/mol. The first kappa shape index (κ1) is 21.5. The summed E-state index contributed by atoms with van der Waals surface area (Å²) in [6.45, 7) is 8.21. The summed E-state index contributed by atoms with van der Waals surface area (Å²) in [7, 11) is 1.59. The van der Waals surface area contributed by atoms with Gasteiger partial charge in [-0.2, -0.15) is 0 Å². The SMILES string of the molecule is CC[C@@H](C(=O)NC)N(Cc1ccc(C)cc1)C(=O)COc1ccc(C)c(C)c1. The van der Waals surface area contributed by atoms with E-state index in [0.717, 1.165) is 16.7 Å². The molecule has 1 atom stereocenters. The molecule has 0 aliphatic heterocycles. The van der Waals surface area contributed by atoms with Crippen molar-refractivity contribution in [3.63, 3.8) is 0 Å². The molecule has 0 fully saturated rings. The molecule has 0 aromatic heterocycles. The molecule has 2 aromatic rings. The molecule has 0 unspecified atom stereocenters. The number of aryl methyl sites for hydroxylation is 3. The molecule has 2 amide bonds. The first-order chi connectivity index (χ1) is 13.3. The fourth-order valence-corrected chi connectivity index (χ4v) is 3.01. The second-order valence-electron chi connectivity index (χ2n) is 7.08. The van der Waals surface area contributed by atoms with Crippen LogP contribution in [0.15, 0.2) is 42.5 Å². The van der Waals surface area contributed by atoms with Crippen LogP contribution in [0.5, 0.6) is 5.75 Å². The van der Waals surface area contributed by atoms with Gasteiger partial charge in [-0.25, -0.2) is 0 Å². The van der Waals surface area contributed by atoms with Crippen molar-refractivity contribution in [3.8, 4) is 5.75 Å². The lowest BCUT2D eigenvalue weighted by atomic mass is 10.1. The molecule has 5 heteroatoms. The molecule has 0 spiro atoms. The van der Waals surface area contributed by atoms with Crippen LogP contribution in [0, 0.1) is 20.8 Å². The van der Waals surface area contributed by atoms with E-state index in [1.165, 1.54) is 5.56 Å². The van der Waals surface area contributed by atoms with E-state index in [4.69, 9.17) is 4.74 Å². The summed E-state index contributed by atoms with van der Waals surface area (Å²) in [4.78, 5) is 26.9. The Kier molecular flexibility index (Phi) is 7.61. The number of nitrogens with zero attached hydrogens (tertiary/aromatic N) is 1. The number of benzene rings is 2. The molecule has 0 saturated carbocycles. The molecule has 0 bridgehead atoms. The summed E-state index contributed by atoms with van der Waals surface area (Å²) in [5, 5.41) is 2.66. The molecule has 0 aliphatic carbocycles. The quantitative estimate of drug-likeness (QED) is 0.760. The zero-order valence-electron chi connectivity index (χ0n) is 17.4. The van der Waals surface area contributed by atoms with E-state index in [-0.39, 0.29) is 18.4 Å². The first-order valence-corrected chi connectivity index (χ1v) is 9.62. The van der Waals surface area contributed by atoms with E-state index < -0.39 is 6.04 Å². The Morgan fingerprint density at radius 2 is 1.71 bits per heavy atom. The highest BCUT2D eigenvalue weighted by molar-refractivity contribution is 5.88. The molecular formula is C23H30N2O3. The predicted octanol–water partition coefficient (Wildman–Crippen LogP) is 3.54. The smallest absolute Gasteiger partial charge is 0.261 e. The Hall–Kier alpha value is -2.82. The predicted molar refractivity (Wildman–Crippen MR) is 111 cm³/mol. The lowest BCUT2D eigenvalue weighted by Gasteiger charge is -2.30. The molecule has 5 nitrogen and oxygen atoms in total. The van der Waals surface area contributed by atoms with Crippen molar-refractivity contribution in [3.05, 3.63) is 64.7 Å². The number of rotatable bonds is 8. The summed E-state index contributed by atoms with van der Waals surface area (Å²) in [5.41, 5.74) is 4.41. The van der Waals surface area contributed by atoms with Crippen LogP contribution in [0.3, 0.4) is 0 Å². The minimum Gasteiger partial charge on any atom is -0.484 e. The Bertz CT molecular complexity index is 815. The fourth-order valence-electron chi connectivity index (χ4n) is 3.01. The van der Waals surface area contributed by atoms with E-state index in [2.05, 4.69) is 5.32 Å². The third-order valence-electron chi connectivity index (χ3n) is 4.95. The number of amides is 2. The molecule has 2 rings (SSSR count). The zero-order chi connectivity index (χ0) is 20.7. The Morgan fingerprint density at radius 1 is 1.04 bits per heavy atom. The van der Waals surface area contributed by atoms with Crippen molar-refractivity contribution in [2.24, 2.45) is 0 Å². The molecule has 150 valence electrons.